The van der Waals surface area contributed by atoms with Crippen LogP contribution in [0.4, 0.5) is 0 Å². The number of hydrogen-bond acceptors (Lipinski definition) is 1. The minimum absolute atomic E-state index is 0.511. The Morgan fingerprint density at radius 1 is 1.36 bits per heavy atom. The predicted molar refractivity (Wildman–Crippen MR) is 62.7 cm³/mol. The summed E-state index contributed by atoms with van der Waals surface area (Å²) < 4.78 is 4.48. The fourth-order valence-electron chi connectivity index (χ4n) is 0.977. The lowest BCUT2D eigenvalue weighted by molar-refractivity contribution is 0.703. The number of rotatable bonds is 1. The van der Waals surface area contributed by atoms with Gasteiger partial charge < -0.3 is 4.57 Å². The molecule has 1 aromatic heterocycles. The van der Waals surface area contributed by atoms with Crippen molar-refractivity contribution in [1.82, 2.24) is 9.55 Å². The zero-order valence-corrected chi connectivity index (χ0v) is 11.0. The first-order valence-corrected chi connectivity index (χ1v) is 5.57. The summed E-state index contributed by atoms with van der Waals surface area (Å²) in [5.41, 5.74) is 0. The third-order valence-corrected chi connectivity index (χ3v) is 4.56. The van der Waals surface area contributed by atoms with E-state index in [-0.39, 0.29) is 0 Å². The summed E-state index contributed by atoms with van der Waals surface area (Å²) in [4.78, 5) is 4.45. The van der Waals surface area contributed by atoms with E-state index in [0.717, 1.165) is 3.70 Å². The van der Waals surface area contributed by atoms with Crippen molar-refractivity contribution in [3.05, 3.63) is 13.2 Å². The molecule has 62 valence electrons. The molecule has 0 amide bonds. The topological polar surface area (TPSA) is 17.8 Å². The monoisotopic (exact) mass is 376 g/mol. The molecule has 0 fully saturated rings. The van der Waals surface area contributed by atoms with Gasteiger partial charge in [-0.25, -0.2) is 4.98 Å². The van der Waals surface area contributed by atoms with Gasteiger partial charge in [-0.2, -0.15) is 0 Å². The van der Waals surface area contributed by atoms with Gasteiger partial charge in [-0.1, -0.05) is 13.8 Å². The minimum atomic E-state index is 0.511. The number of halogens is 2. The highest BCUT2D eigenvalue weighted by Gasteiger charge is 2.11. The van der Waals surface area contributed by atoms with Gasteiger partial charge in [-0.3, -0.25) is 0 Å². The van der Waals surface area contributed by atoms with Crippen molar-refractivity contribution in [3.63, 3.8) is 0 Å². The lowest BCUT2D eigenvalue weighted by Gasteiger charge is -2.03. The van der Waals surface area contributed by atoms with Crippen molar-refractivity contribution in [2.24, 2.45) is 7.05 Å². The molecule has 0 aliphatic heterocycles. The van der Waals surface area contributed by atoms with Gasteiger partial charge in [0, 0.05) is 13.0 Å². The summed E-state index contributed by atoms with van der Waals surface area (Å²) >= 11 is 4.58. The van der Waals surface area contributed by atoms with Crippen molar-refractivity contribution in [2.75, 3.05) is 0 Å². The number of imidazole rings is 1. The molecule has 0 spiro atoms. The Morgan fingerprint density at radius 3 is 2.09 bits per heavy atom. The fourth-order valence-corrected chi connectivity index (χ4v) is 1.95. The Labute approximate surface area is 94.1 Å². The van der Waals surface area contributed by atoms with Gasteiger partial charge in [0.05, 0.1) is 0 Å². The van der Waals surface area contributed by atoms with Crippen LogP contribution < -0.4 is 0 Å². The molecule has 1 rings (SSSR count). The Balaban J connectivity index is 3.19. The van der Waals surface area contributed by atoms with Crippen molar-refractivity contribution < 1.29 is 0 Å². The summed E-state index contributed by atoms with van der Waals surface area (Å²) in [6, 6.07) is 0. The first-order chi connectivity index (χ1) is 5.04. The molecule has 0 bridgehead atoms. The largest absolute Gasteiger partial charge is 0.325 e. The maximum atomic E-state index is 4.45. The lowest BCUT2D eigenvalue weighted by Crippen LogP contribution is -2.00. The van der Waals surface area contributed by atoms with Crippen molar-refractivity contribution in [1.29, 1.82) is 0 Å². The second-order valence-corrected chi connectivity index (χ2v) is 4.81. The first-order valence-electron chi connectivity index (χ1n) is 3.41. The van der Waals surface area contributed by atoms with Crippen LogP contribution in [0.3, 0.4) is 0 Å². The van der Waals surface area contributed by atoms with Crippen LogP contribution in [0.15, 0.2) is 0 Å². The van der Waals surface area contributed by atoms with Gasteiger partial charge in [-0.05, 0) is 45.2 Å². The van der Waals surface area contributed by atoms with Gasteiger partial charge >= 0.3 is 0 Å². The van der Waals surface area contributed by atoms with Gasteiger partial charge in [0.2, 0.25) is 0 Å². The SMILES string of the molecule is CC(C)c1nc(I)c(I)n1C. The lowest BCUT2D eigenvalue weighted by atomic mass is 10.2. The summed E-state index contributed by atoms with van der Waals surface area (Å²) in [7, 11) is 2.06. The minimum Gasteiger partial charge on any atom is -0.325 e. The number of hydrogen-bond donors (Lipinski definition) is 0. The van der Waals surface area contributed by atoms with Crippen LogP contribution in [0.5, 0.6) is 0 Å². The molecule has 0 radical (unpaired) electrons. The Hall–Kier alpha value is 0.670. The quantitative estimate of drug-likeness (QED) is 0.690. The normalized spacial score (nSPS) is 11.1. The van der Waals surface area contributed by atoms with E-state index in [1.165, 1.54) is 9.53 Å². The van der Waals surface area contributed by atoms with Crippen LogP contribution in [0.1, 0.15) is 25.6 Å². The molecule has 0 aromatic carbocycles. The van der Waals surface area contributed by atoms with Gasteiger partial charge in [0.25, 0.3) is 0 Å². The molecule has 0 aliphatic carbocycles. The average Bonchev–Trinajstić information content (AvgIpc) is 2.17. The highest BCUT2D eigenvalue weighted by Crippen LogP contribution is 2.20. The Kier molecular flexibility index (Phi) is 3.18. The zero-order chi connectivity index (χ0) is 8.59. The first kappa shape index (κ1) is 9.76. The maximum Gasteiger partial charge on any atom is 0.133 e. The van der Waals surface area contributed by atoms with Gasteiger partial charge in [0.1, 0.15) is 13.2 Å². The van der Waals surface area contributed by atoms with Crippen LogP contribution in [-0.2, 0) is 7.05 Å². The summed E-state index contributed by atoms with van der Waals surface area (Å²) in [6.07, 6.45) is 0. The predicted octanol–water partition coefficient (Wildman–Crippen LogP) is 2.75. The average molecular weight is 376 g/mol. The third-order valence-electron chi connectivity index (χ3n) is 1.54. The van der Waals surface area contributed by atoms with Gasteiger partial charge in [-0.15, -0.1) is 0 Å². The van der Waals surface area contributed by atoms with E-state index in [4.69, 9.17) is 0 Å². The maximum absolute atomic E-state index is 4.45. The number of aromatic nitrogens is 2. The van der Waals surface area contributed by atoms with E-state index in [2.05, 4.69) is 75.6 Å². The fraction of sp³-hybridized carbons (Fsp3) is 0.571. The molecule has 0 N–H and O–H groups in total. The molecule has 11 heavy (non-hydrogen) atoms. The highest BCUT2D eigenvalue weighted by atomic mass is 127. The molecule has 0 saturated heterocycles. The molecule has 0 atom stereocenters. The zero-order valence-electron chi connectivity index (χ0n) is 6.73. The van der Waals surface area contributed by atoms with Crippen LogP contribution in [0.25, 0.3) is 0 Å². The summed E-state index contributed by atoms with van der Waals surface area (Å²) in [6.45, 7) is 4.32. The van der Waals surface area contributed by atoms with Crippen LogP contribution in [-0.4, -0.2) is 9.55 Å². The highest BCUT2D eigenvalue weighted by molar-refractivity contribution is 14.1. The van der Waals surface area contributed by atoms with Gasteiger partial charge in [0.15, 0.2) is 0 Å². The van der Waals surface area contributed by atoms with Crippen molar-refractivity contribution in [2.45, 2.75) is 19.8 Å². The molecule has 1 heterocycles. The Bertz CT molecular complexity index is 266. The van der Waals surface area contributed by atoms with E-state index >= 15 is 0 Å². The van der Waals surface area contributed by atoms with E-state index in [0.29, 0.717) is 5.92 Å². The molecule has 0 saturated carbocycles. The van der Waals surface area contributed by atoms with Crippen LogP contribution >= 0.6 is 45.2 Å². The number of nitrogens with zero attached hydrogens (tertiary/aromatic N) is 2. The second kappa shape index (κ2) is 3.59. The van der Waals surface area contributed by atoms with E-state index in [1.54, 1.807) is 0 Å². The molecular weight excluding hydrogens is 366 g/mol. The van der Waals surface area contributed by atoms with E-state index in [9.17, 15) is 0 Å². The molecular formula is C7H10I2N2. The standard InChI is InChI=1S/C7H10I2N2/c1-4(2)7-10-5(8)6(9)11(7)3/h4H,1-3H3. The third kappa shape index (κ3) is 1.88. The Morgan fingerprint density at radius 2 is 1.91 bits per heavy atom. The smallest absolute Gasteiger partial charge is 0.133 e. The molecule has 1 aromatic rings. The van der Waals surface area contributed by atoms with E-state index in [1.807, 2.05) is 0 Å². The molecule has 0 aliphatic rings. The molecule has 2 nitrogen and oxygen atoms in total. The summed E-state index contributed by atoms with van der Waals surface area (Å²) in [5, 5.41) is 0. The molecule has 4 heteroatoms. The summed E-state index contributed by atoms with van der Waals surface area (Å²) in [5.74, 6) is 1.68. The van der Waals surface area contributed by atoms with Crippen molar-refractivity contribution >= 4 is 45.2 Å². The second-order valence-electron chi connectivity index (χ2n) is 2.77. The molecule has 0 unspecified atom stereocenters. The van der Waals surface area contributed by atoms with Crippen LogP contribution in [0, 0.1) is 7.40 Å². The van der Waals surface area contributed by atoms with Crippen molar-refractivity contribution in [3.8, 4) is 0 Å². The van der Waals surface area contributed by atoms with Crippen LogP contribution in [0.2, 0.25) is 0 Å². The van der Waals surface area contributed by atoms with E-state index < -0.39 is 0 Å².